The highest BCUT2D eigenvalue weighted by Crippen LogP contribution is 2.32. The van der Waals surface area contributed by atoms with Gasteiger partial charge in [-0.15, -0.1) is 0 Å². The van der Waals surface area contributed by atoms with Crippen molar-refractivity contribution in [1.82, 2.24) is 4.31 Å². The summed E-state index contributed by atoms with van der Waals surface area (Å²) in [6.07, 6.45) is 5.22. The molecule has 0 bridgehead atoms. The van der Waals surface area contributed by atoms with Gasteiger partial charge < -0.3 is 0 Å². The van der Waals surface area contributed by atoms with E-state index >= 15 is 0 Å². The van der Waals surface area contributed by atoms with E-state index < -0.39 is 11.0 Å². The predicted octanol–water partition coefficient (Wildman–Crippen LogP) is 4.11. The lowest BCUT2D eigenvalue weighted by Crippen LogP contribution is -2.41. The van der Waals surface area contributed by atoms with Gasteiger partial charge >= 0.3 is 0 Å². The largest absolute Gasteiger partial charge is 0.242 e. The molecule has 2 atom stereocenters. The Bertz CT molecular complexity index is 507. The number of hydrogen-bond donors (Lipinski definition) is 0. The summed E-state index contributed by atoms with van der Waals surface area (Å²) in [5.74, 6) is 0. The molecular formula is C15H20ClNOS. The van der Waals surface area contributed by atoms with Crippen LogP contribution >= 0.6 is 11.6 Å². The number of benzene rings is 1. The third kappa shape index (κ3) is 3.47. The maximum absolute atomic E-state index is 12.7. The van der Waals surface area contributed by atoms with E-state index in [2.05, 4.69) is 16.5 Å². The van der Waals surface area contributed by atoms with Crippen molar-refractivity contribution in [3.05, 3.63) is 47.0 Å². The van der Waals surface area contributed by atoms with Gasteiger partial charge in [0.05, 0.1) is 10.8 Å². The average molecular weight is 298 g/mol. The number of nitrogens with zero attached hydrogens (tertiary/aromatic N) is 1. The maximum atomic E-state index is 12.7. The smallest absolute Gasteiger partial charge is 0.101 e. The Kier molecular flexibility index (Phi) is 4.49. The quantitative estimate of drug-likeness (QED) is 0.753. The molecule has 1 aromatic rings. The van der Waals surface area contributed by atoms with E-state index in [0.717, 1.165) is 23.6 Å². The molecule has 0 amide bonds. The summed E-state index contributed by atoms with van der Waals surface area (Å²) in [6.45, 7) is 6.85. The first-order valence-electron chi connectivity index (χ1n) is 6.50. The normalized spacial score (nSPS) is 22.4. The lowest BCUT2D eigenvalue weighted by molar-refractivity contribution is 0.375. The first kappa shape index (κ1) is 14.8. The van der Waals surface area contributed by atoms with E-state index in [1.807, 2.05) is 45.0 Å². The zero-order valence-electron chi connectivity index (χ0n) is 11.6. The van der Waals surface area contributed by atoms with Crippen LogP contribution in [0.15, 0.2) is 36.4 Å². The van der Waals surface area contributed by atoms with Crippen molar-refractivity contribution in [1.29, 1.82) is 0 Å². The van der Waals surface area contributed by atoms with Crippen LogP contribution in [-0.4, -0.2) is 19.8 Å². The average Bonchev–Trinajstić information content (AvgIpc) is 2.37. The molecule has 1 aromatic carbocycles. The van der Waals surface area contributed by atoms with E-state index in [0.29, 0.717) is 0 Å². The summed E-state index contributed by atoms with van der Waals surface area (Å²) in [7, 11) is -1.02. The lowest BCUT2D eigenvalue weighted by Gasteiger charge is -2.35. The Labute approximate surface area is 123 Å². The third-order valence-electron chi connectivity index (χ3n) is 3.07. The Morgan fingerprint density at radius 3 is 2.74 bits per heavy atom. The Balaban J connectivity index is 2.33. The Morgan fingerprint density at radius 1 is 1.37 bits per heavy atom. The van der Waals surface area contributed by atoms with Crippen LogP contribution in [0.3, 0.4) is 0 Å². The molecule has 0 radical (unpaired) electrons. The van der Waals surface area contributed by atoms with Crippen LogP contribution in [0.4, 0.5) is 0 Å². The molecule has 104 valence electrons. The van der Waals surface area contributed by atoms with Crippen LogP contribution in [0.5, 0.6) is 0 Å². The molecule has 0 aromatic heterocycles. The van der Waals surface area contributed by atoms with Crippen LogP contribution < -0.4 is 0 Å². The minimum absolute atomic E-state index is 0.0486. The fourth-order valence-electron chi connectivity index (χ4n) is 2.17. The van der Waals surface area contributed by atoms with Crippen LogP contribution in [0.25, 0.3) is 0 Å². The molecule has 19 heavy (non-hydrogen) atoms. The lowest BCUT2D eigenvalue weighted by atomic mass is 10.0. The van der Waals surface area contributed by atoms with Gasteiger partial charge in [-0.2, -0.15) is 0 Å². The van der Waals surface area contributed by atoms with Gasteiger partial charge in [0.2, 0.25) is 0 Å². The van der Waals surface area contributed by atoms with Crippen LogP contribution in [-0.2, 0) is 11.0 Å². The van der Waals surface area contributed by atoms with Crippen molar-refractivity contribution in [3.63, 3.8) is 0 Å². The molecular weight excluding hydrogens is 278 g/mol. The molecule has 0 N–H and O–H groups in total. The zero-order chi connectivity index (χ0) is 14.0. The highest BCUT2D eigenvalue weighted by Gasteiger charge is 2.32. The Morgan fingerprint density at radius 2 is 2.11 bits per heavy atom. The van der Waals surface area contributed by atoms with E-state index in [1.54, 1.807) is 0 Å². The summed E-state index contributed by atoms with van der Waals surface area (Å²) in [4.78, 5) is 0. The predicted molar refractivity (Wildman–Crippen MR) is 82.6 cm³/mol. The van der Waals surface area contributed by atoms with Crippen molar-refractivity contribution >= 4 is 22.6 Å². The van der Waals surface area contributed by atoms with Gasteiger partial charge in [0.1, 0.15) is 11.0 Å². The van der Waals surface area contributed by atoms with Gasteiger partial charge in [-0.3, -0.25) is 0 Å². The van der Waals surface area contributed by atoms with E-state index in [-0.39, 0.29) is 10.8 Å². The van der Waals surface area contributed by atoms with Crippen LogP contribution in [0, 0.1) is 0 Å². The molecule has 2 nitrogen and oxygen atoms in total. The van der Waals surface area contributed by atoms with Gasteiger partial charge in [-0.25, -0.2) is 8.51 Å². The fourth-order valence-corrected chi connectivity index (χ4v) is 3.74. The van der Waals surface area contributed by atoms with Gasteiger partial charge in [0, 0.05) is 11.6 Å². The topological polar surface area (TPSA) is 20.3 Å². The van der Waals surface area contributed by atoms with Crippen molar-refractivity contribution in [2.24, 2.45) is 0 Å². The molecule has 1 heterocycles. The first-order chi connectivity index (χ1) is 8.89. The van der Waals surface area contributed by atoms with Crippen molar-refractivity contribution in [3.8, 4) is 0 Å². The second-order valence-corrected chi connectivity index (χ2v) is 8.35. The summed E-state index contributed by atoms with van der Waals surface area (Å²) < 4.78 is 14.5. The van der Waals surface area contributed by atoms with Crippen molar-refractivity contribution < 1.29 is 4.21 Å². The highest BCUT2D eigenvalue weighted by atomic mass is 35.5. The molecule has 4 heteroatoms. The molecule has 0 spiro atoms. The molecule has 0 saturated carbocycles. The van der Waals surface area contributed by atoms with E-state index in [9.17, 15) is 4.21 Å². The van der Waals surface area contributed by atoms with Crippen molar-refractivity contribution in [2.75, 3.05) is 6.54 Å². The molecule has 1 aliphatic rings. The molecule has 0 saturated heterocycles. The second kappa shape index (κ2) is 5.78. The third-order valence-corrected chi connectivity index (χ3v) is 5.19. The summed E-state index contributed by atoms with van der Waals surface area (Å²) in [5.41, 5.74) is 1.10. The van der Waals surface area contributed by atoms with E-state index in [1.165, 1.54) is 0 Å². The number of halogens is 1. The van der Waals surface area contributed by atoms with E-state index in [4.69, 9.17) is 11.6 Å². The molecule has 1 unspecified atom stereocenters. The standard InChI is InChI=1S/C15H20ClNOS/c1-15(2,3)19(18)17-10-5-4-9-14(17)12-7-6-8-13(16)11-12/h4,6-9,11,14H,5,10H2,1-3H3/t14-,19?/m0/s1. The number of hydrogen-bond acceptors (Lipinski definition) is 1. The molecule has 0 aliphatic carbocycles. The van der Waals surface area contributed by atoms with Gasteiger partial charge in [0.25, 0.3) is 0 Å². The summed E-state index contributed by atoms with van der Waals surface area (Å²) in [6, 6.07) is 7.85. The van der Waals surface area contributed by atoms with Gasteiger partial charge in [-0.05, 0) is 44.9 Å². The maximum Gasteiger partial charge on any atom is 0.101 e. The van der Waals surface area contributed by atoms with Gasteiger partial charge in [0.15, 0.2) is 0 Å². The second-order valence-electron chi connectivity index (χ2n) is 5.72. The minimum Gasteiger partial charge on any atom is -0.242 e. The molecule has 1 aliphatic heterocycles. The molecule has 0 fully saturated rings. The molecule has 2 rings (SSSR count). The summed E-state index contributed by atoms with van der Waals surface area (Å²) >= 11 is 6.06. The monoisotopic (exact) mass is 297 g/mol. The van der Waals surface area contributed by atoms with Crippen LogP contribution in [0.1, 0.15) is 38.8 Å². The number of rotatable bonds is 2. The highest BCUT2D eigenvalue weighted by molar-refractivity contribution is 7.84. The zero-order valence-corrected chi connectivity index (χ0v) is 13.2. The van der Waals surface area contributed by atoms with Gasteiger partial charge in [-0.1, -0.05) is 35.9 Å². The summed E-state index contributed by atoms with van der Waals surface area (Å²) in [5, 5.41) is 0.720. The first-order valence-corrected chi connectivity index (χ1v) is 7.99. The van der Waals surface area contributed by atoms with Crippen LogP contribution in [0.2, 0.25) is 5.02 Å². The minimum atomic E-state index is -1.02. The fraction of sp³-hybridized carbons (Fsp3) is 0.467. The Hall–Kier alpha value is -0.640. The SMILES string of the molecule is CC(C)(C)S(=O)N1CCC=C[C@H]1c1cccc(Cl)c1. The van der Waals surface area contributed by atoms with Crippen molar-refractivity contribution in [2.45, 2.75) is 38.0 Å².